The summed E-state index contributed by atoms with van der Waals surface area (Å²) in [5.41, 5.74) is 0. The Morgan fingerprint density at radius 1 is 1.22 bits per heavy atom. The molecule has 0 aromatic heterocycles. The molecule has 1 aliphatic rings. The maximum Gasteiger partial charge on any atom is 0.241 e. The Labute approximate surface area is 110 Å². The number of hydrogen-bond donors (Lipinski definition) is 1. The Balaban J connectivity index is 2.41. The molecule has 1 aliphatic heterocycles. The molecule has 0 aliphatic carbocycles. The van der Waals surface area contributed by atoms with Crippen molar-refractivity contribution in [3.63, 3.8) is 0 Å². The summed E-state index contributed by atoms with van der Waals surface area (Å²) in [7, 11) is 5.09. The van der Waals surface area contributed by atoms with E-state index in [0.29, 0.717) is 12.3 Å². The van der Waals surface area contributed by atoms with Crippen LogP contribution in [0.3, 0.4) is 0 Å². The zero-order chi connectivity index (χ0) is 13.7. The van der Waals surface area contributed by atoms with Crippen LogP contribution in [0.1, 0.15) is 26.2 Å². The molecule has 0 radical (unpaired) electrons. The first-order valence-electron chi connectivity index (χ1n) is 6.59. The van der Waals surface area contributed by atoms with E-state index in [1.165, 1.54) is 22.6 Å². The van der Waals surface area contributed by atoms with Gasteiger partial charge in [0.25, 0.3) is 0 Å². The second-order valence-electron chi connectivity index (χ2n) is 5.42. The maximum absolute atomic E-state index is 12.0. The molecule has 2 unspecified atom stereocenters. The predicted molar refractivity (Wildman–Crippen MR) is 71.1 cm³/mol. The van der Waals surface area contributed by atoms with Crippen LogP contribution in [0.25, 0.3) is 0 Å². The van der Waals surface area contributed by atoms with Crippen molar-refractivity contribution in [2.45, 2.75) is 32.2 Å². The average molecular weight is 255 g/mol. The Morgan fingerprint density at radius 3 is 2.44 bits per heavy atom. The molecule has 104 valence electrons. The zero-order valence-corrected chi connectivity index (χ0v) is 11.9. The zero-order valence-electron chi connectivity index (χ0n) is 11.9. The number of nitrogens with zero attached hydrogens (tertiary/aromatic N) is 2. The summed E-state index contributed by atoms with van der Waals surface area (Å²) < 4.78 is 0. The van der Waals surface area contributed by atoms with Gasteiger partial charge in [-0.2, -0.15) is 0 Å². The molecule has 1 heterocycles. The van der Waals surface area contributed by atoms with Gasteiger partial charge in [0.2, 0.25) is 11.8 Å². The Hall–Kier alpha value is -1.10. The van der Waals surface area contributed by atoms with E-state index in [2.05, 4.69) is 12.2 Å². The van der Waals surface area contributed by atoms with Crippen LogP contribution < -0.4 is 5.32 Å². The van der Waals surface area contributed by atoms with Crippen LogP contribution in [0.15, 0.2) is 0 Å². The van der Waals surface area contributed by atoms with Gasteiger partial charge in [0.05, 0.1) is 6.54 Å². The van der Waals surface area contributed by atoms with Crippen LogP contribution in [0.5, 0.6) is 0 Å². The molecule has 0 spiro atoms. The van der Waals surface area contributed by atoms with Gasteiger partial charge >= 0.3 is 0 Å². The summed E-state index contributed by atoms with van der Waals surface area (Å²) in [5, 5.41) is 3.39. The van der Waals surface area contributed by atoms with E-state index in [4.69, 9.17) is 0 Å². The van der Waals surface area contributed by atoms with Crippen molar-refractivity contribution in [2.75, 3.05) is 34.2 Å². The molecule has 5 heteroatoms. The smallest absolute Gasteiger partial charge is 0.241 e. The lowest BCUT2D eigenvalue weighted by molar-refractivity contribution is -0.138. The highest BCUT2D eigenvalue weighted by molar-refractivity contribution is 5.84. The van der Waals surface area contributed by atoms with Gasteiger partial charge in [-0.1, -0.05) is 6.92 Å². The minimum Gasteiger partial charge on any atom is -0.347 e. The third-order valence-electron chi connectivity index (χ3n) is 3.62. The highest BCUT2D eigenvalue weighted by Gasteiger charge is 2.25. The van der Waals surface area contributed by atoms with E-state index >= 15 is 0 Å². The SMILES string of the molecule is CC1CCCNC1CC(=O)N(C)CC(=O)N(C)C. The molecule has 1 rings (SSSR count). The van der Waals surface area contributed by atoms with Gasteiger partial charge in [0.1, 0.15) is 0 Å². The van der Waals surface area contributed by atoms with Crippen LogP contribution >= 0.6 is 0 Å². The molecule has 1 saturated heterocycles. The summed E-state index contributed by atoms with van der Waals surface area (Å²) in [6.45, 7) is 3.32. The van der Waals surface area contributed by atoms with Gasteiger partial charge in [0, 0.05) is 33.6 Å². The van der Waals surface area contributed by atoms with E-state index in [1.54, 1.807) is 21.1 Å². The largest absolute Gasteiger partial charge is 0.347 e. The molecule has 2 atom stereocenters. The van der Waals surface area contributed by atoms with Gasteiger partial charge in [-0.3, -0.25) is 9.59 Å². The number of hydrogen-bond acceptors (Lipinski definition) is 3. The lowest BCUT2D eigenvalue weighted by Crippen LogP contribution is -2.45. The lowest BCUT2D eigenvalue weighted by Gasteiger charge is -2.31. The van der Waals surface area contributed by atoms with Crippen LogP contribution in [0.2, 0.25) is 0 Å². The topological polar surface area (TPSA) is 52.7 Å². The van der Waals surface area contributed by atoms with Crippen molar-refractivity contribution < 1.29 is 9.59 Å². The summed E-state index contributed by atoms with van der Waals surface area (Å²) in [6.07, 6.45) is 2.84. The molecule has 1 N–H and O–H groups in total. The number of nitrogens with one attached hydrogen (secondary N) is 1. The highest BCUT2D eigenvalue weighted by atomic mass is 16.2. The summed E-state index contributed by atoms with van der Waals surface area (Å²) >= 11 is 0. The van der Waals surface area contributed by atoms with E-state index in [0.717, 1.165) is 6.54 Å². The normalized spacial score (nSPS) is 23.6. The molecular formula is C13H25N3O2. The number of rotatable bonds is 4. The minimum atomic E-state index is -0.0458. The van der Waals surface area contributed by atoms with Gasteiger partial charge in [-0.15, -0.1) is 0 Å². The van der Waals surface area contributed by atoms with E-state index in [1.807, 2.05) is 0 Å². The molecule has 1 fully saturated rings. The molecule has 0 aromatic carbocycles. The minimum absolute atomic E-state index is 0.0384. The van der Waals surface area contributed by atoms with Gasteiger partial charge < -0.3 is 15.1 Å². The summed E-state index contributed by atoms with van der Waals surface area (Å²) in [6, 6.07) is 0.253. The second kappa shape index (κ2) is 6.73. The number of carbonyl (C=O) groups is 2. The average Bonchev–Trinajstić information content (AvgIpc) is 2.31. The van der Waals surface area contributed by atoms with E-state index < -0.39 is 0 Å². The maximum atomic E-state index is 12.0. The third kappa shape index (κ3) is 4.29. The predicted octanol–water partition coefficient (Wildman–Crippen LogP) is 0.311. The number of amides is 2. The van der Waals surface area contributed by atoms with Gasteiger partial charge in [-0.05, 0) is 25.3 Å². The molecule has 0 bridgehead atoms. The van der Waals surface area contributed by atoms with Crippen molar-refractivity contribution in [3.8, 4) is 0 Å². The van der Waals surface area contributed by atoms with Crippen LogP contribution in [0.4, 0.5) is 0 Å². The summed E-state index contributed by atoms with van der Waals surface area (Å²) in [5.74, 6) is 0.521. The fraction of sp³-hybridized carbons (Fsp3) is 0.846. The van der Waals surface area contributed by atoms with E-state index in [9.17, 15) is 9.59 Å². The molecular weight excluding hydrogens is 230 g/mol. The standard InChI is InChI=1S/C13H25N3O2/c1-10-6-5-7-14-11(10)8-12(17)16(4)9-13(18)15(2)3/h10-11,14H,5-9H2,1-4H3. The summed E-state index contributed by atoms with van der Waals surface area (Å²) in [4.78, 5) is 26.6. The van der Waals surface area contributed by atoms with E-state index in [-0.39, 0.29) is 24.4 Å². The van der Waals surface area contributed by atoms with Crippen molar-refractivity contribution in [2.24, 2.45) is 5.92 Å². The second-order valence-corrected chi connectivity index (χ2v) is 5.42. The van der Waals surface area contributed by atoms with Crippen LogP contribution in [-0.2, 0) is 9.59 Å². The third-order valence-corrected chi connectivity index (χ3v) is 3.62. The fourth-order valence-corrected chi connectivity index (χ4v) is 2.16. The molecule has 18 heavy (non-hydrogen) atoms. The van der Waals surface area contributed by atoms with Crippen LogP contribution in [0, 0.1) is 5.92 Å². The van der Waals surface area contributed by atoms with Crippen molar-refractivity contribution in [1.82, 2.24) is 15.1 Å². The lowest BCUT2D eigenvalue weighted by atomic mass is 9.90. The first-order chi connectivity index (χ1) is 8.41. The Morgan fingerprint density at radius 2 is 1.89 bits per heavy atom. The van der Waals surface area contributed by atoms with Crippen molar-refractivity contribution in [3.05, 3.63) is 0 Å². The monoisotopic (exact) mass is 255 g/mol. The number of piperidine rings is 1. The molecule has 5 nitrogen and oxygen atoms in total. The quantitative estimate of drug-likeness (QED) is 0.786. The number of likely N-dealkylation sites (N-methyl/N-ethyl adjacent to an activating group) is 2. The Kier molecular flexibility index (Phi) is 5.59. The Bertz CT molecular complexity index is 305. The highest BCUT2D eigenvalue weighted by Crippen LogP contribution is 2.18. The first-order valence-corrected chi connectivity index (χ1v) is 6.59. The fourth-order valence-electron chi connectivity index (χ4n) is 2.16. The van der Waals surface area contributed by atoms with Crippen LogP contribution in [-0.4, -0.2) is 61.9 Å². The van der Waals surface area contributed by atoms with Crippen molar-refractivity contribution >= 4 is 11.8 Å². The molecule has 0 saturated carbocycles. The molecule has 0 aromatic rings. The van der Waals surface area contributed by atoms with Crippen molar-refractivity contribution in [1.29, 1.82) is 0 Å². The molecule has 2 amide bonds. The first kappa shape index (κ1) is 15.0. The number of carbonyl (C=O) groups excluding carboxylic acids is 2. The van der Waals surface area contributed by atoms with Gasteiger partial charge in [-0.25, -0.2) is 0 Å². The van der Waals surface area contributed by atoms with Gasteiger partial charge in [0.15, 0.2) is 0 Å².